The predicted octanol–water partition coefficient (Wildman–Crippen LogP) is 1.38. The summed E-state index contributed by atoms with van der Waals surface area (Å²) in [5.74, 6) is -0.517. The van der Waals surface area contributed by atoms with Gasteiger partial charge in [0.2, 0.25) is 20.0 Å². The van der Waals surface area contributed by atoms with Crippen molar-refractivity contribution in [3.8, 4) is 0 Å². The van der Waals surface area contributed by atoms with E-state index in [1.54, 1.807) is 18.2 Å². The van der Waals surface area contributed by atoms with Crippen LogP contribution in [0.25, 0.3) is 0 Å². The lowest BCUT2D eigenvalue weighted by Gasteiger charge is -2.05. The molecule has 23 heavy (non-hydrogen) atoms. The van der Waals surface area contributed by atoms with Crippen LogP contribution >= 0.6 is 0 Å². The number of hydrogen-bond donors (Lipinski definition) is 2. The van der Waals surface area contributed by atoms with Crippen molar-refractivity contribution in [3.05, 3.63) is 59.9 Å². The van der Waals surface area contributed by atoms with E-state index in [4.69, 9.17) is 5.14 Å². The summed E-state index contributed by atoms with van der Waals surface area (Å²) in [6, 6.07) is 11.8. The molecular weight excluding hydrogens is 343 g/mol. The summed E-state index contributed by atoms with van der Waals surface area (Å²) in [6.07, 6.45) is 0. The number of primary sulfonamides is 1. The van der Waals surface area contributed by atoms with Crippen LogP contribution in [-0.4, -0.2) is 23.9 Å². The second-order valence-corrected chi connectivity index (χ2v) is 7.84. The summed E-state index contributed by atoms with van der Waals surface area (Å²) in [5.41, 5.74) is 0.136. The molecule has 0 aliphatic carbocycles. The molecule has 0 spiro atoms. The fourth-order valence-electron chi connectivity index (χ4n) is 1.60. The largest absolute Gasteiger partial charge is 0.240 e. The van der Waals surface area contributed by atoms with Gasteiger partial charge in [-0.25, -0.2) is 31.1 Å². The molecule has 126 valence electrons. The van der Waals surface area contributed by atoms with Crippen LogP contribution in [0, 0.1) is 12.7 Å². The quantitative estimate of drug-likeness (QED) is 0.862. The van der Waals surface area contributed by atoms with Crippen molar-refractivity contribution >= 4 is 20.0 Å². The van der Waals surface area contributed by atoms with Gasteiger partial charge in [-0.2, -0.15) is 0 Å². The second-order valence-electron chi connectivity index (χ2n) is 4.43. The Kier molecular flexibility index (Phi) is 6.39. The monoisotopic (exact) mass is 360 g/mol. The SMILES string of the molecule is CNS(=O)(=O)c1cccc(F)c1C.NS(=O)(=O)c1ccccc1. The van der Waals surface area contributed by atoms with E-state index in [-0.39, 0.29) is 15.4 Å². The average molecular weight is 360 g/mol. The first-order valence-electron chi connectivity index (χ1n) is 6.36. The lowest BCUT2D eigenvalue weighted by Crippen LogP contribution is -2.19. The van der Waals surface area contributed by atoms with E-state index in [0.29, 0.717) is 0 Å². The summed E-state index contributed by atoms with van der Waals surface area (Å²) in [7, 11) is -5.75. The van der Waals surface area contributed by atoms with E-state index in [1.165, 1.54) is 44.3 Å². The van der Waals surface area contributed by atoms with Crippen LogP contribution in [0.2, 0.25) is 0 Å². The molecule has 3 N–H and O–H groups in total. The zero-order valence-corrected chi connectivity index (χ0v) is 14.2. The standard InChI is InChI=1S/C8H10FNO2S.C6H7NO2S/c1-6-7(9)4-3-5-8(6)13(11,12)10-2;7-10(8,9)6-4-2-1-3-5-6/h3-5,10H,1-2H3;1-5H,(H2,7,8,9). The van der Waals surface area contributed by atoms with Gasteiger partial charge in [0.05, 0.1) is 9.79 Å². The van der Waals surface area contributed by atoms with E-state index in [0.717, 1.165) is 0 Å². The van der Waals surface area contributed by atoms with Gasteiger partial charge in [0.25, 0.3) is 0 Å². The van der Waals surface area contributed by atoms with Crippen LogP contribution in [0.3, 0.4) is 0 Å². The fourth-order valence-corrected chi connectivity index (χ4v) is 3.11. The minimum Gasteiger partial charge on any atom is -0.225 e. The summed E-state index contributed by atoms with van der Waals surface area (Å²) < 4.78 is 58.9. The van der Waals surface area contributed by atoms with Crippen molar-refractivity contribution in [1.82, 2.24) is 4.72 Å². The van der Waals surface area contributed by atoms with E-state index in [2.05, 4.69) is 4.72 Å². The minimum atomic E-state index is -3.54. The molecule has 0 radical (unpaired) electrons. The zero-order valence-electron chi connectivity index (χ0n) is 12.5. The maximum atomic E-state index is 13.0. The van der Waals surface area contributed by atoms with Crippen molar-refractivity contribution in [2.45, 2.75) is 16.7 Å². The lowest BCUT2D eigenvalue weighted by molar-refractivity contribution is 0.580. The summed E-state index contributed by atoms with van der Waals surface area (Å²) in [4.78, 5) is 0.130. The van der Waals surface area contributed by atoms with Crippen LogP contribution in [0.4, 0.5) is 4.39 Å². The summed E-state index contributed by atoms with van der Waals surface area (Å²) >= 11 is 0. The molecule has 0 fully saturated rings. The van der Waals surface area contributed by atoms with Crippen LogP contribution in [0.5, 0.6) is 0 Å². The number of nitrogens with two attached hydrogens (primary N) is 1. The van der Waals surface area contributed by atoms with Crippen LogP contribution in [0.15, 0.2) is 58.3 Å². The van der Waals surface area contributed by atoms with Gasteiger partial charge in [-0.05, 0) is 38.2 Å². The van der Waals surface area contributed by atoms with E-state index in [1.807, 2.05) is 0 Å². The normalized spacial score (nSPS) is 11.5. The Bertz CT molecular complexity index is 867. The number of rotatable bonds is 3. The van der Waals surface area contributed by atoms with Gasteiger partial charge in [0.1, 0.15) is 5.82 Å². The van der Waals surface area contributed by atoms with Crippen LogP contribution < -0.4 is 9.86 Å². The molecule has 0 saturated heterocycles. The Hall–Kier alpha value is -1.81. The number of hydrogen-bond acceptors (Lipinski definition) is 4. The molecule has 0 atom stereocenters. The maximum Gasteiger partial charge on any atom is 0.240 e. The second kappa shape index (κ2) is 7.64. The smallest absolute Gasteiger partial charge is 0.225 e. The van der Waals surface area contributed by atoms with Gasteiger partial charge in [-0.1, -0.05) is 24.3 Å². The van der Waals surface area contributed by atoms with Crippen molar-refractivity contribution in [1.29, 1.82) is 0 Å². The van der Waals surface area contributed by atoms with E-state index < -0.39 is 25.9 Å². The molecule has 2 aromatic rings. The van der Waals surface area contributed by atoms with Crippen molar-refractivity contribution in [2.24, 2.45) is 5.14 Å². The van der Waals surface area contributed by atoms with Crippen molar-refractivity contribution in [2.75, 3.05) is 7.05 Å². The molecule has 0 aliphatic rings. The van der Waals surface area contributed by atoms with E-state index in [9.17, 15) is 21.2 Å². The summed E-state index contributed by atoms with van der Waals surface area (Å²) in [6.45, 7) is 1.43. The highest BCUT2D eigenvalue weighted by Gasteiger charge is 2.15. The number of benzene rings is 2. The molecule has 0 heterocycles. The van der Waals surface area contributed by atoms with Gasteiger partial charge in [-0.15, -0.1) is 0 Å². The first-order chi connectivity index (χ1) is 10.6. The molecule has 0 bridgehead atoms. The topological polar surface area (TPSA) is 106 Å². The molecule has 0 aromatic heterocycles. The van der Waals surface area contributed by atoms with Crippen LogP contribution in [-0.2, 0) is 20.0 Å². The molecule has 2 rings (SSSR count). The van der Waals surface area contributed by atoms with E-state index >= 15 is 0 Å². The Morgan fingerprint density at radius 2 is 1.52 bits per heavy atom. The van der Waals surface area contributed by atoms with Gasteiger partial charge < -0.3 is 0 Å². The Morgan fingerprint density at radius 1 is 0.957 bits per heavy atom. The minimum absolute atomic E-state index is 0.0185. The number of nitrogens with one attached hydrogen (secondary N) is 1. The fraction of sp³-hybridized carbons (Fsp3) is 0.143. The highest BCUT2D eigenvalue weighted by atomic mass is 32.2. The zero-order chi connectivity index (χ0) is 17.7. The lowest BCUT2D eigenvalue weighted by atomic mass is 10.2. The number of sulfonamides is 2. The first kappa shape index (κ1) is 19.2. The van der Waals surface area contributed by atoms with Gasteiger partial charge in [-0.3, -0.25) is 0 Å². The molecule has 0 unspecified atom stereocenters. The first-order valence-corrected chi connectivity index (χ1v) is 9.39. The number of halogens is 1. The maximum absolute atomic E-state index is 13.0. The van der Waals surface area contributed by atoms with Crippen LogP contribution in [0.1, 0.15) is 5.56 Å². The predicted molar refractivity (Wildman–Crippen MR) is 85.2 cm³/mol. The van der Waals surface area contributed by atoms with Gasteiger partial charge in [0, 0.05) is 5.56 Å². The Morgan fingerprint density at radius 3 is 1.96 bits per heavy atom. The molecule has 0 aliphatic heterocycles. The third-order valence-electron chi connectivity index (χ3n) is 2.85. The van der Waals surface area contributed by atoms with Gasteiger partial charge >= 0.3 is 0 Å². The highest BCUT2D eigenvalue weighted by molar-refractivity contribution is 7.89. The van der Waals surface area contributed by atoms with Gasteiger partial charge in [0.15, 0.2) is 0 Å². The molecule has 2 aromatic carbocycles. The van der Waals surface area contributed by atoms with Crippen molar-refractivity contribution < 1.29 is 21.2 Å². The van der Waals surface area contributed by atoms with Crippen molar-refractivity contribution in [3.63, 3.8) is 0 Å². The summed E-state index contributed by atoms with van der Waals surface area (Å²) in [5, 5.41) is 4.83. The molecule has 6 nitrogen and oxygen atoms in total. The average Bonchev–Trinajstić information content (AvgIpc) is 2.50. The molecule has 0 saturated carbocycles. The molecule has 9 heteroatoms. The Labute approximate surface area is 135 Å². The molecule has 0 amide bonds. The third kappa shape index (κ3) is 5.39. The Balaban J connectivity index is 0.000000238. The molecular formula is C14H17FN2O4S2. The third-order valence-corrected chi connectivity index (χ3v) is 5.34. The highest BCUT2D eigenvalue weighted by Crippen LogP contribution is 2.16.